The normalized spacial score (nSPS) is 18.6. The summed E-state index contributed by atoms with van der Waals surface area (Å²) in [5.74, 6) is -0.505. The van der Waals surface area contributed by atoms with Crippen LogP contribution in [0.5, 0.6) is 0 Å². The molecule has 1 amide bonds. The summed E-state index contributed by atoms with van der Waals surface area (Å²) in [7, 11) is -3.89. The van der Waals surface area contributed by atoms with Gasteiger partial charge in [0.1, 0.15) is 6.61 Å². The number of carbonyl (C=O) groups excluding carboxylic acids is 1. The summed E-state index contributed by atoms with van der Waals surface area (Å²) in [5.41, 5.74) is 6.68. The molecule has 0 spiro atoms. The van der Waals surface area contributed by atoms with Crippen LogP contribution in [0.3, 0.4) is 0 Å². The molecule has 1 unspecified atom stereocenters. The molecule has 0 aliphatic carbocycles. The SMILES string of the molecule is CC(CN)CN(C[C@@H](O)[C@H](Cc1ccccc1)NC(=O)CO[C@H]1CCOC1)S(=O)(=O)c1ccccc1. The van der Waals surface area contributed by atoms with Gasteiger partial charge in [0.25, 0.3) is 0 Å². The van der Waals surface area contributed by atoms with Crippen molar-refractivity contribution in [3.05, 3.63) is 66.2 Å². The molecule has 198 valence electrons. The second-order valence-corrected chi connectivity index (χ2v) is 11.1. The van der Waals surface area contributed by atoms with Crippen LogP contribution in [-0.2, 0) is 30.7 Å². The van der Waals surface area contributed by atoms with E-state index in [1.165, 1.54) is 16.4 Å². The Hall–Kier alpha value is -2.34. The Balaban J connectivity index is 1.77. The first-order valence-corrected chi connectivity index (χ1v) is 13.7. The van der Waals surface area contributed by atoms with E-state index in [0.717, 1.165) is 12.0 Å². The smallest absolute Gasteiger partial charge is 0.246 e. The number of carbonyl (C=O) groups is 1. The van der Waals surface area contributed by atoms with E-state index in [0.29, 0.717) is 26.2 Å². The van der Waals surface area contributed by atoms with Crippen molar-refractivity contribution in [2.75, 3.05) is 39.5 Å². The molecule has 1 aliphatic rings. The van der Waals surface area contributed by atoms with E-state index >= 15 is 0 Å². The third-order valence-electron chi connectivity index (χ3n) is 6.14. The van der Waals surface area contributed by atoms with E-state index in [1.54, 1.807) is 18.2 Å². The second-order valence-electron chi connectivity index (χ2n) is 9.20. The van der Waals surface area contributed by atoms with Gasteiger partial charge in [0, 0.05) is 19.7 Å². The molecule has 36 heavy (non-hydrogen) atoms. The van der Waals surface area contributed by atoms with Crippen LogP contribution in [-0.4, -0.2) is 81.4 Å². The number of aliphatic hydroxyl groups excluding tert-OH is 1. The molecule has 0 aromatic heterocycles. The predicted octanol–water partition coefficient (Wildman–Crippen LogP) is 1.17. The molecular formula is C26H37N3O6S. The topological polar surface area (TPSA) is 131 Å². The van der Waals surface area contributed by atoms with E-state index in [-0.39, 0.29) is 42.5 Å². The highest BCUT2D eigenvalue weighted by atomic mass is 32.2. The number of benzene rings is 2. The molecule has 2 aromatic rings. The Morgan fingerprint density at radius 2 is 1.83 bits per heavy atom. The van der Waals surface area contributed by atoms with Crippen LogP contribution in [0.1, 0.15) is 18.9 Å². The Morgan fingerprint density at radius 3 is 2.44 bits per heavy atom. The molecule has 1 fully saturated rings. The fourth-order valence-corrected chi connectivity index (χ4v) is 5.61. The van der Waals surface area contributed by atoms with Gasteiger partial charge in [-0.05, 0) is 43.0 Å². The molecule has 4 atom stereocenters. The molecule has 3 rings (SSSR count). The number of nitrogens with zero attached hydrogens (tertiary/aromatic N) is 1. The van der Waals surface area contributed by atoms with Gasteiger partial charge in [-0.3, -0.25) is 4.79 Å². The van der Waals surface area contributed by atoms with E-state index in [4.69, 9.17) is 15.2 Å². The average molecular weight is 520 g/mol. The van der Waals surface area contributed by atoms with Gasteiger partial charge in [0.2, 0.25) is 15.9 Å². The van der Waals surface area contributed by atoms with Crippen molar-refractivity contribution in [1.29, 1.82) is 0 Å². The third kappa shape index (κ3) is 8.36. The average Bonchev–Trinajstić information content (AvgIpc) is 3.41. The molecule has 10 heteroatoms. The predicted molar refractivity (Wildman–Crippen MR) is 137 cm³/mol. The molecule has 2 aromatic carbocycles. The van der Waals surface area contributed by atoms with Gasteiger partial charge in [0.05, 0.1) is 29.8 Å². The number of nitrogens with one attached hydrogen (secondary N) is 1. The van der Waals surface area contributed by atoms with Crippen LogP contribution < -0.4 is 11.1 Å². The van der Waals surface area contributed by atoms with Gasteiger partial charge in [-0.1, -0.05) is 55.5 Å². The zero-order valence-electron chi connectivity index (χ0n) is 20.7. The second kappa shape index (κ2) is 13.8. The minimum Gasteiger partial charge on any atom is -0.390 e. The summed E-state index contributed by atoms with van der Waals surface area (Å²) in [6.07, 6.45) is -0.245. The summed E-state index contributed by atoms with van der Waals surface area (Å²) in [6, 6.07) is 16.8. The minimum atomic E-state index is -3.89. The van der Waals surface area contributed by atoms with Gasteiger partial charge < -0.3 is 25.6 Å². The number of sulfonamides is 1. The first-order valence-electron chi connectivity index (χ1n) is 12.3. The number of aliphatic hydroxyl groups is 1. The van der Waals surface area contributed by atoms with Crippen molar-refractivity contribution in [3.8, 4) is 0 Å². The van der Waals surface area contributed by atoms with E-state index in [9.17, 15) is 18.3 Å². The molecule has 0 saturated carbocycles. The van der Waals surface area contributed by atoms with Crippen molar-refractivity contribution in [2.24, 2.45) is 11.7 Å². The summed E-state index contributed by atoms with van der Waals surface area (Å²) in [4.78, 5) is 12.8. The van der Waals surface area contributed by atoms with Crippen LogP contribution in [0.4, 0.5) is 0 Å². The third-order valence-corrected chi connectivity index (χ3v) is 7.98. The standard InChI is InChI=1S/C26H37N3O6S/c1-20(15-27)16-29(36(32,33)23-10-6-3-7-11-23)17-25(30)24(14-21-8-4-2-5-9-21)28-26(31)19-35-22-12-13-34-18-22/h2-11,20,22,24-25,30H,12-19,27H2,1H3,(H,28,31)/t20?,22-,24-,25+/m0/s1. The summed E-state index contributed by atoms with van der Waals surface area (Å²) in [5, 5.41) is 14.1. The Kier molecular flexibility index (Phi) is 10.8. The van der Waals surface area contributed by atoms with Gasteiger partial charge in [-0.25, -0.2) is 8.42 Å². The van der Waals surface area contributed by atoms with Crippen LogP contribution in [0.2, 0.25) is 0 Å². The largest absolute Gasteiger partial charge is 0.390 e. The fourth-order valence-electron chi connectivity index (χ4n) is 4.01. The number of ether oxygens (including phenoxy) is 2. The number of hydrogen-bond donors (Lipinski definition) is 3. The highest BCUT2D eigenvalue weighted by Crippen LogP contribution is 2.19. The number of nitrogens with two attached hydrogens (primary N) is 1. The van der Waals surface area contributed by atoms with Crippen LogP contribution in [0.15, 0.2) is 65.6 Å². The first kappa shape index (κ1) is 28.2. The van der Waals surface area contributed by atoms with Crippen molar-refractivity contribution in [2.45, 2.75) is 42.9 Å². The maximum absolute atomic E-state index is 13.4. The summed E-state index contributed by atoms with van der Waals surface area (Å²) < 4.78 is 39.0. The minimum absolute atomic E-state index is 0.125. The van der Waals surface area contributed by atoms with Gasteiger partial charge in [0.15, 0.2) is 0 Å². The number of amides is 1. The van der Waals surface area contributed by atoms with Crippen molar-refractivity contribution >= 4 is 15.9 Å². The van der Waals surface area contributed by atoms with Gasteiger partial charge in [-0.2, -0.15) is 4.31 Å². The fraction of sp³-hybridized carbons (Fsp3) is 0.500. The van der Waals surface area contributed by atoms with Gasteiger partial charge >= 0.3 is 0 Å². The van der Waals surface area contributed by atoms with Gasteiger partial charge in [-0.15, -0.1) is 0 Å². The lowest BCUT2D eigenvalue weighted by atomic mass is 10.0. The molecule has 1 heterocycles. The van der Waals surface area contributed by atoms with Crippen molar-refractivity contribution in [3.63, 3.8) is 0 Å². The van der Waals surface area contributed by atoms with Crippen molar-refractivity contribution < 1.29 is 27.8 Å². The number of rotatable bonds is 14. The van der Waals surface area contributed by atoms with E-state index in [1.807, 2.05) is 37.3 Å². The molecule has 4 N–H and O–H groups in total. The lowest BCUT2D eigenvalue weighted by molar-refractivity contribution is -0.129. The first-order chi connectivity index (χ1) is 17.3. The number of hydrogen-bond acceptors (Lipinski definition) is 7. The van der Waals surface area contributed by atoms with E-state index in [2.05, 4.69) is 5.32 Å². The highest BCUT2D eigenvalue weighted by molar-refractivity contribution is 7.89. The zero-order valence-corrected chi connectivity index (χ0v) is 21.5. The van der Waals surface area contributed by atoms with Crippen LogP contribution in [0.25, 0.3) is 0 Å². The Morgan fingerprint density at radius 1 is 1.17 bits per heavy atom. The van der Waals surface area contributed by atoms with Crippen LogP contribution in [0, 0.1) is 5.92 Å². The molecule has 0 radical (unpaired) electrons. The Labute approximate surface area is 213 Å². The molecule has 1 saturated heterocycles. The lowest BCUT2D eigenvalue weighted by Gasteiger charge is -2.31. The molecule has 9 nitrogen and oxygen atoms in total. The summed E-state index contributed by atoms with van der Waals surface area (Å²) >= 11 is 0. The molecule has 0 bridgehead atoms. The zero-order chi connectivity index (χ0) is 26.0. The maximum Gasteiger partial charge on any atom is 0.246 e. The lowest BCUT2D eigenvalue weighted by Crippen LogP contribution is -2.52. The monoisotopic (exact) mass is 519 g/mol. The molecule has 1 aliphatic heterocycles. The van der Waals surface area contributed by atoms with Crippen molar-refractivity contribution in [1.82, 2.24) is 9.62 Å². The Bertz CT molecular complexity index is 1030. The van der Waals surface area contributed by atoms with E-state index < -0.39 is 22.2 Å². The highest BCUT2D eigenvalue weighted by Gasteiger charge is 2.31. The maximum atomic E-state index is 13.4. The quantitative estimate of drug-likeness (QED) is 0.341. The molecular weight excluding hydrogens is 482 g/mol. The summed E-state index contributed by atoms with van der Waals surface area (Å²) in [6.45, 7) is 2.99. The van der Waals surface area contributed by atoms with Crippen LogP contribution >= 0.6 is 0 Å².